The molecule has 0 aliphatic rings. The van der Waals surface area contributed by atoms with Gasteiger partial charge in [-0.15, -0.1) is 0 Å². The maximum Gasteiger partial charge on any atom is 0.255 e. The van der Waals surface area contributed by atoms with E-state index in [1.165, 1.54) is 12.1 Å². The van der Waals surface area contributed by atoms with Gasteiger partial charge >= 0.3 is 0 Å². The van der Waals surface area contributed by atoms with Gasteiger partial charge in [0, 0.05) is 30.1 Å². The standard InChI is InChI=1S/C34H31FN2O4/c1-20(2)18-37-33(39)28-16-23(9-13-27(28)25-6-4-5-21(15-25)19-38)24-10-14-30-29(17-24)31(34(40)36-3)32(41-30)22-7-11-26(35)12-8-22/h4-17,20,38H,18-19H2,1-3H3,(H,36,40)(H,37,39). The molecule has 7 heteroatoms. The molecule has 5 aromatic rings. The molecule has 5 rings (SSSR count). The second-order valence-corrected chi connectivity index (χ2v) is 10.3. The normalized spacial score (nSPS) is 11.2. The Morgan fingerprint density at radius 2 is 1.56 bits per heavy atom. The first kappa shape index (κ1) is 27.8. The van der Waals surface area contributed by atoms with Crippen LogP contribution in [0.25, 0.3) is 44.5 Å². The van der Waals surface area contributed by atoms with Gasteiger partial charge < -0.3 is 20.2 Å². The predicted octanol–water partition coefficient (Wildman–Crippen LogP) is 6.81. The van der Waals surface area contributed by atoms with Gasteiger partial charge in [-0.05, 0) is 82.3 Å². The Hall–Kier alpha value is -4.75. The summed E-state index contributed by atoms with van der Waals surface area (Å²) in [6.07, 6.45) is 0. The highest BCUT2D eigenvalue weighted by Crippen LogP contribution is 2.37. The van der Waals surface area contributed by atoms with Crippen LogP contribution >= 0.6 is 0 Å². The Kier molecular flexibility index (Phi) is 7.99. The Labute approximate surface area is 237 Å². The highest BCUT2D eigenvalue weighted by molar-refractivity contribution is 6.12. The number of amides is 2. The Balaban J connectivity index is 1.64. The average Bonchev–Trinajstić information content (AvgIpc) is 3.38. The number of halogens is 1. The van der Waals surface area contributed by atoms with E-state index in [2.05, 4.69) is 10.6 Å². The second-order valence-electron chi connectivity index (χ2n) is 10.3. The average molecular weight is 551 g/mol. The number of carbonyl (C=O) groups is 2. The van der Waals surface area contributed by atoms with Gasteiger partial charge in [-0.1, -0.05) is 50.2 Å². The van der Waals surface area contributed by atoms with Crippen molar-refractivity contribution < 1.29 is 23.5 Å². The largest absolute Gasteiger partial charge is 0.455 e. The van der Waals surface area contributed by atoms with E-state index >= 15 is 0 Å². The minimum absolute atomic E-state index is 0.0981. The fourth-order valence-electron chi connectivity index (χ4n) is 4.82. The first-order valence-electron chi connectivity index (χ1n) is 13.5. The van der Waals surface area contributed by atoms with Gasteiger partial charge in [0.15, 0.2) is 0 Å². The molecule has 41 heavy (non-hydrogen) atoms. The van der Waals surface area contributed by atoms with Gasteiger partial charge in [-0.25, -0.2) is 4.39 Å². The molecular weight excluding hydrogens is 519 g/mol. The second kappa shape index (κ2) is 11.8. The molecule has 0 unspecified atom stereocenters. The lowest BCUT2D eigenvalue weighted by atomic mass is 9.93. The van der Waals surface area contributed by atoms with Crippen LogP contribution < -0.4 is 10.6 Å². The monoisotopic (exact) mass is 550 g/mol. The number of aliphatic hydroxyl groups is 1. The molecule has 208 valence electrons. The quantitative estimate of drug-likeness (QED) is 0.198. The predicted molar refractivity (Wildman–Crippen MR) is 159 cm³/mol. The lowest BCUT2D eigenvalue weighted by molar-refractivity contribution is 0.0946. The third-order valence-corrected chi connectivity index (χ3v) is 6.94. The van der Waals surface area contributed by atoms with Crippen molar-refractivity contribution in [1.29, 1.82) is 0 Å². The number of hydrogen-bond acceptors (Lipinski definition) is 4. The van der Waals surface area contributed by atoms with E-state index in [1.54, 1.807) is 25.2 Å². The number of furan rings is 1. The molecule has 2 amide bonds. The van der Waals surface area contributed by atoms with Crippen LogP contribution in [0.5, 0.6) is 0 Å². The highest BCUT2D eigenvalue weighted by Gasteiger charge is 2.22. The van der Waals surface area contributed by atoms with Crippen LogP contribution in [0.2, 0.25) is 0 Å². The summed E-state index contributed by atoms with van der Waals surface area (Å²) in [4.78, 5) is 26.4. The molecule has 0 radical (unpaired) electrons. The van der Waals surface area contributed by atoms with Crippen molar-refractivity contribution in [3.8, 4) is 33.6 Å². The van der Waals surface area contributed by atoms with Crippen molar-refractivity contribution in [3.05, 3.63) is 107 Å². The van der Waals surface area contributed by atoms with Gasteiger partial charge in [-0.2, -0.15) is 0 Å². The van der Waals surface area contributed by atoms with Gasteiger partial charge in [0.05, 0.1) is 12.2 Å². The zero-order valence-corrected chi connectivity index (χ0v) is 23.1. The van der Waals surface area contributed by atoms with Crippen LogP contribution in [-0.2, 0) is 6.61 Å². The van der Waals surface area contributed by atoms with Gasteiger partial charge in [0.1, 0.15) is 17.2 Å². The van der Waals surface area contributed by atoms with E-state index in [9.17, 15) is 19.1 Å². The number of hydrogen-bond donors (Lipinski definition) is 3. The molecular formula is C34H31FN2O4. The number of aliphatic hydroxyl groups excluding tert-OH is 1. The number of fused-ring (bicyclic) bond motifs is 1. The van der Waals surface area contributed by atoms with E-state index in [0.29, 0.717) is 40.0 Å². The van der Waals surface area contributed by atoms with Crippen molar-refractivity contribution in [1.82, 2.24) is 10.6 Å². The SMILES string of the molecule is CNC(=O)c1c(-c2ccc(F)cc2)oc2ccc(-c3ccc(-c4cccc(CO)c4)c(C(=O)NCC(C)C)c3)cc12. The highest BCUT2D eigenvalue weighted by atomic mass is 19.1. The van der Waals surface area contributed by atoms with Gasteiger partial charge in [0.2, 0.25) is 0 Å². The minimum Gasteiger partial charge on any atom is -0.455 e. The Morgan fingerprint density at radius 1 is 0.854 bits per heavy atom. The first-order chi connectivity index (χ1) is 19.8. The molecule has 0 atom stereocenters. The Morgan fingerprint density at radius 3 is 2.27 bits per heavy atom. The number of rotatable bonds is 8. The van der Waals surface area contributed by atoms with E-state index in [1.807, 2.05) is 68.4 Å². The molecule has 0 bridgehead atoms. The van der Waals surface area contributed by atoms with Gasteiger partial charge in [0.25, 0.3) is 11.8 Å². The lowest BCUT2D eigenvalue weighted by Crippen LogP contribution is -2.27. The zero-order chi connectivity index (χ0) is 29.1. The summed E-state index contributed by atoms with van der Waals surface area (Å²) in [5, 5.41) is 15.9. The summed E-state index contributed by atoms with van der Waals surface area (Å²) < 4.78 is 19.7. The zero-order valence-electron chi connectivity index (χ0n) is 23.1. The first-order valence-corrected chi connectivity index (χ1v) is 13.5. The molecule has 1 heterocycles. The smallest absolute Gasteiger partial charge is 0.255 e. The fraction of sp³-hybridized carbons (Fsp3) is 0.176. The number of carbonyl (C=O) groups excluding carboxylic acids is 2. The maximum atomic E-state index is 13.6. The van der Waals surface area contributed by atoms with E-state index < -0.39 is 0 Å². The molecule has 0 saturated heterocycles. The molecule has 3 N–H and O–H groups in total. The van der Waals surface area contributed by atoms with Gasteiger partial charge in [-0.3, -0.25) is 9.59 Å². The van der Waals surface area contributed by atoms with Crippen LogP contribution in [-0.4, -0.2) is 30.5 Å². The van der Waals surface area contributed by atoms with Crippen molar-refractivity contribution in [2.24, 2.45) is 5.92 Å². The molecule has 0 aliphatic heterocycles. The lowest BCUT2D eigenvalue weighted by Gasteiger charge is -2.14. The summed E-state index contributed by atoms with van der Waals surface area (Å²) in [6.45, 7) is 4.50. The summed E-state index contributed by atoms with van der Waals surface area (Å²) in [7, 11) is 1.55. The number of nitrogens with one attached hydrogen (secondary N) is 2. The molecule has 0 fully saturated rings. The van der Waals surface area contributed by atoms with E-state index in [-0.39, 0.29) is 30.2 Å². The van der Waals surface area contributed by atoms with Crippen LogP contribution in [0.1, 0.15) is 40.1 Å². The summed E-state index contributed by atoms with van der Waals surface area (Å²) in [6, 6.07) is 24.5. The summed E-state index contributed by atoms with van der Waals surface area (Å²) in [5.74, 6) is -0.268. The van der Waals surface area contributed by atoms with E-state index in [4.69, 9.17) is 4.42 Å². The molecule has 6 nitrogen and oxygen atoms in total. The third kappa shape index (κ3) is 5.76. The van der Waals surface area contributed by atoms with Crippen molar-refractivity contribution >= 4 is 22.8 Å². The molecule has 4 aromatic carbocycles. The van der Waals surface area contributed by atoms with Crippen LogP contribution in [0, 0.1) is 11.7 Å². The summed E-state index contributed by atoms with van der Waals surface area (Å²) in [5.41, 5.74) is 5.86. The fourth-order valence-corrected chi connectivity index (χ4v) is 4.82. The van der Waals surface area contributed by atoms with Crippen molar-refractivity contribution in [2.75, 3.05) is 13.6 Å². The minimum atomic E-state index is -0.381. The Bertz CT molecular complexity index is 1740. The molecule has 0 spiro atoms. The third-order valence-electron chi connectivity index (χ3n) is 6.94. The van der Waals surface area contributed by atoms with Crippen LogP contribution in [0.4, 0.5) is 4.39 Å². The molecule has 0 aliphatic carbocycles. The topological polar surface area (TPSA) is 91.6 Å². The van der Waals surface area contributed by atoms with Crippen molar-refractivity contribution in [2.45, 2.75) is 20.5 Å². The van der Waals surface area contributed by atoms with Crippen molar-refractivity contribution in [3.63, 3.8) is 0 Å². The van der Waals surface area contributed by atoms with E-state index in [0.717, 1.165) is 27.8 Å². The summed E-state index contributed by atoms with van der Waals surface area (Å²) >= 11 is 0. The van der Waals surface area contributed by atoms with Crippen LogP contribution in [0.15, 0.2) is 89.3 Å². The van der Waals surface area contributed by atoms with Crippen LogP contribution in [0.3, 0.4) is 0 Å². The maximum absolute atomic E-state index is 13.6. The molecule has 0 saturated carbocycles. The number of benzene rings is 4. The molecule has 1 aromatic heterocycles.